The molecule has 1 N–H and O–H groups in total. The highest BCUT2D eigenvalue weighted by molar-refractivity contribution is 7.88. The zero-order valence-electron chi connectivity index (χ0n) is 11.9. The average Bonchev–Trinajstić information content (AvgIpc) is 2.76. The van der Waals surface area contributed by atoms with Crippen molar-refractivity contribution < 1.29 is 12.9 Å². The number of aromatic nitrogens is 2. The van der Waals surface area contributed by atoms with Gasteiger partial charge in [-0.2, -0.15) is 4.98 Å². The molecular weight excluding hydrogens is 268 g/mol. The van der Waals surface area contributed by atoms with Gasteiger partial charge in [-0.15, -0.1) is 0 Å². The van der Waals surface area contributed by atoms with E-state index in [9.17, 15) is 8.42 Å². The van der Waals surface area contributed by atoms with Crippen molar-refractivity contribution >= 4 is 10.0 Å². The van der Waals surface area contributed by atoms with E-state index < -0.39 is 10.0 Å². The van der Waals surface area contributed by atoms with Crippen LogP contribution < -0.4 is 5.32 Å². The lowest BCUT2D eigenvalue weighted by atomic mass is 10.2. The third-order valence-electron chi connectivity index (χ3n) is 2.90. The average molecular weight is 290 g/mol. The number of sulfonamides is 1. The third kappa shape index (κ3) is 4.55. The molecule has 7 nitrogen and oxygen atoms in total. The summed E-state index contributed by atoms with van der Waals surface area (Å²) in [6.07, 6.45) is 0.602. The molecule has 0 aliphatic heterocycles. The van der Waals surface area contributed by atoms with Gasteiger partial charge in [-0.1, -0.05) is 19.0 Å². The number of likely N-dealkylation sites (N-methyl/N-ethyl adjacent to an activating group) is 1. The Bertz CT molecular complexity index is 482. The van der Waals surface area contributed by atoms with Crippen molar-refractivity contribution in [1.29, 1.82) is 0 Å². The van der Waals surface area contributed by atoms with Crippen molar-refractivity contribution in [2.24, 2.45) is 0 Å². The quantitative estimate of drug-likeness (QED) is 0.745. The molecule has 1 aromatic heterocycles. The molecular formula is C11H22N4O3S. The highest BCUT2D eigenvalue weighted by Crippen LogP contribution is 2.09. The topological polar surface area (TPSA) is 88.3 Å². The molecule has 0 aliphatic rings. The fourth-order valence-electron chi connectivity index (χ4n) is 1.67. The van der Waals surface area contributed by atoms with Gasteiger partial charge in [-0.3, -0.25) is 0 Å². The number of hydrogen-bond acceptors (Lipinski definition) is 6. The Morgan fingerprint density at radius 1 is 1.37 bits per heavy atom. The van der Waals surface area contributed by atoms with Crippen molar-refractivity contribution in [3.63, 3.8) is 0 Å². The second-order valence-corrected chi connectivity index (χ2v) is 6.31. The summed E-state index contributed by atoms with van der Waals surface area (Å²) in [5.74, 6) is 0.423. The first-order chi connectivity index (χ1) is 8.92. The molecule has 1 rings (SSSR count). The molecule has 1 aromatic rings. The van der Waals surface area contributed by atoms with Gasteiger partial charge in [0.05, 0.1) is 0 Å². The second-order valence-electron chi connectivity index (χ2n) is 4.34. The van der Waals surface area contributed by atoms with E-state index in [4.69, 9.17) is 4.52 Å². The number of nitrogens with zero attached hydrogens (tertiary/aromatic N) is 3. The van der Waals surface area contributed by atoms with E-state index >= 15 is 0 Å². The summed E-state index contributed by atoms with van der Waals surface area (Å²) in [6.45, 7) is 6.47. The minimum Gasteiger partial charge on any atom is -0.338 e. The smallest absolute Gasteiger partial charge is 0.243 e. The largest absolute Gasteiger partial charge is 0.338 e. The Morgan fingerprint density at radius 2 is 2.00 bits per heavy atom. The van der Waals surface area contributed by atoms with E-state index in [0.29, 0.717) is 25.3 Å². The van der Waals surface area contributed by atoms with Crippen molar-refractivity contribution in [1.82, 2.24) is 19.8 Å². The first kappa shape index (κ1) is 16.1. The number of hydrogen-bond donors (Lipinski definition) is 1. The van der Waals surface area contributed by atoms with Crippen LogP contribution in [-0.2, 0) is 22.2 Å². The van der Waals surface area contributed by atoms with E-state index in [2.05, 4.69) is 15.5 Å². The molecule has 19 heavy (non-hydrogen) atoms. The summed E-state index contributed by atoms with van der Waals surface area (Å²) in [4.78, 5) is 4.11. The van der Waals surface area contributed by atoms with Crippen molar-refractivity contribution in [2.75, 3.05) is 20.1 Å². The molecule has 0 aliphatic carbocycles. The normalized spacial score (nSPS) is 13.9. The van der Waals surface area contributed by atoms with Gasteiger partial charge >= 0.3 is 0 Å². The molecule has 0 saturated carbocycles. The van der Waals surface area contributed by atoms with Gasteiger partial charge in [-0.05, 0) is 14.0 Å². The van der Waals surface area contributed by atoms with E-state index in [0.717, 1.165) is 0 Å². The summed E-state index contributed by atoms with van der Waals surface area (Å²) >= 11 is 0. The molecule has 0 fully saturated rings. The van der Waals surface area contributed by atoms with Crippen molar-refractivity contribution in [3.05, 3.63) is 11.7 Å². The SMILES string of the molecule is CCN(CC)S(=O)(=O)Cc1nc(CC(C)NC)no1. The zero-order valence-corrected chi connectivity index (χ0v) is 12.7. The monoisotopic (exact) mass is 290 g/mol. The molecule has 0 spiro atoms. The number of nitrogens with one attached hydrogen (secondary N) is 1. The Labute approximate surface area is 114 Å². The van der Waals surface area contributed by atoms with Gasteiger partial charge in [0.2, 0.25) is 15.9 Å². The highest BCUT2D eigenvalue weighted by atomic mass is 32.2. The van der Waals surface area contributed by atoms with Crippen LogP contribution in [0.25, 0.3) is 0 Å². The summed E-state index contributed by atoms with van der Waals surface area (Å²) in [5, 5.41) is 6.85. The molecule has 8 heteroatoms. The van der Waals surface area contributed by atoms with Crippen LogP contribution in [0.15, 0.2) is 4.52 Å². The zero-order chi connectivity index (χ0) is 14.5. The second kappa shape index (κ2) is 6.97. The van der Waals surface area contributed by atoms with E-state index in [1.54, 1.807) is 13.8 Å². The maximum Gasteiger partial charge on any atom is 0.243 e. The Kier molecular flexibility index (Phi) is 5.89. The van der Waals surface area contributed by atoms with Crippen LogP contribution in [0.4, 0.5) is 0 Å². The standard InChI is InChI=1S/C11H22N4O3S/c1-5-15(6-2)19(16,17)8-11-13-10(14-18-11)7-9(3)12-4/h9,12H,5-8H2,1-4H3. The van der Waals surface area contributed by atoms with E-state index in [1.165, 1.54) is 4.31 Å². The lowest BCUT2D eigenvalue weighted by molar-refractivity contribution is 0.375. The first-order valence-electron chi connectivity index (χ1n) is 6.39. The summed E-state index contributed by atoms with van der Waals surface area (Å²) in [7, 11) is -1.53. The van der Waals surface area contributed by atoms with Crippen LogP contribution in [0.3, 0.4) is 0 Å². The Hall–Kier alpha value is -0.990. The van der Waals surface area contributed by atoms with Gasteiger partial charge in [0.1, 0.15) is 5.75 Å². The molecule has 110 valence electrons. The molecule has 1 unspecified atom stereocenters. The minimum atomic E-state index is -3.37. The summed E-state index contributed by atoms with van der Waals surface area (Å²) in [5.41, 5.74) is 0. The molecule has 0 radical (unpaired) electrons. The van der Waals surface area contributed by atoms with Crippen molar-refractivity contribution in [3.8, 4) is 0 Å². The fourth-order valence-corrected chi connectivity index (χ4v) is 3.07. The summed E-state index contributed by atoms with van der Waals surface area (Å²) in [6, 6.07) is 0.213. The van der Waals surface area contributed by atoms with Crippen LogP contribution in [-0.4, -0.2) is 49.0 Å². The van der Waals surface area contributed by atoms with Gasteiger partial charge in [-0.25, -0.2) is 12.7 Å². The third-order valence-corrected chi connectivity index (χ3v) is 4.81. The molecule has 1 heterocycles. The lowest BCUT2D eigenvalue weighted by Crippen LogP contribution is -2.31. The number of rotatable bonds is 8. The predicted molar refractivity (Wildman–Crippen MR) is 72.1 cm³/mol. The van der Waals surface area contributed by atoms with Gasteiger partial charge in [0.25, 0.3) is 0 Å². The molecule has 0 bridgehead atoms. The molecule has 0 saturated heterocycles. The molecule has 0 aromatic carbocycles. The minimum absolute atomic E-state index is 0.144. The van der Waals surface area contributed by atoms with Crippen LogP contribution in [0.5, 0.6) is 0 Å². The fraction of sp³-hybridized carbons (Fsp3) is 0.818. The van der Waals surface area contributed by atoms with Crippen LogP contribution >= 0.6 is 0 Å². The molecule has 0 amide bonds. The van der Waals surface area contributed by atoms with Gasteiger partial charge in [0.15, 0.2) is 5.82 Å². The summed E-state index contributed by atoms with van der Waals surface area (Å²) < 4.78 is 30.4. The van der Waals surface area contributed by atoms with Crippen LogP contribution in [0.1, 0.15) is 32.5 Å². The van der Waals surface area contributed by atoms with E-state index in [1.807, 2.05) is 14.0 Å². The lowest BCUT2D eigenvalue weighted by Gasteiger charge is -2.16. The van der Waals surface area contributed by atoms with Crippen molar-refractivity contribution in [2.45, 2.75) is 39.0 Å². The maximum absolute atomic E-state index is 12.0. The Balaban J connectivity index is 2.73. The van der Waals surface area contributed by atoms with Crippen LogP contribution in [0.2, 0.25) is 0 Å². The molecule has 1 atom stereocenters. The van der Waals surface area contributed by atoms with E-state index in [-0.39, 0.29) is 17.7 Å². The predicted octanol–water partition coefficient (Wildman–Crippen LogP) is 0.392. The Morgan fingerprint density at radius 3 is 2.53 bits per heavy atom. The van der Waals surface area contributed by atoms with Gasteiger partial charge in [0, 0.05) is 25.6 Å². The van der Waals surface area contributed by atoms with Crippen LogP contribution in [0, 0.1) is 0 Å². The first-order valence-corrected chi connectivity index (χ1v) is 8.00. The highest BCUT2D eigenvalue weighted by Gasteiger charge is 2.23. The maximum atomic E-state index is 12.0. The van der Waals surface area contributed by atoms with Gasteiger partial charge < -0.3 is 9.84 Å².